The van der Waals surface area contributed by atoms with E-state index in [9.17, 15) is 4.79 Å². The molecule has 0 fully saturated rings. The van der Waals surface area contributed by atoms with Gasteiger partial charge in [-0.05, 0) is 36.4 Å². The van der Waals surface area contributed by atoms with Crippen LogP contribution in [0.25, 0.3) is 0 Å². The maximum Gasteiger partial charge on any atom is 0.230 e. The lowest BCUT2D eigenvalue weighted by Gasteiger charge is -2.10. The first-order chi connectivity index (χ1) is 13.1. The number of nitrogens with zero attached hydrogens (tertiary/aromatic N) is 1. The number of methoxy groups -OCH3 is 2. The van der Waals surface area contributed by atoms with E-state index in [1.165, 1.54) is 11.3 Å². The normalized spacial score (nSPS) is 10.3. The number of hydrogen-bond acceptors (Lipinski definition) is 6. The molecule has 0 aliphatic heterocycles. The van der Waals surface area contributed by atoms with Gasteiger partial charge in [0.05, 0.1) is 32.0 Å². The molecule has 2 N–H and O–H groups in total. The van der Waals surface area contributed by atoms with Crippen molar-refractivity contribution < 1.29 is 14.3 Å². The largest absolute Gasteiger partial charge is 0.497 e. The van der Waals surface area contributed by atoms with Gasteiger partial charge >= 0.3 is 0 Å². The second-order valence-corrected chi connectivity index (χ2v) is 7.34. The molecule has 0 aliphatic rings. The molecule has 0 unspecified atom stereocenters. The molecule has 0 aliphatic carbocycles. The van der Waals surface area contributed by atoms with E-state index in [1.807, 2.05) is 47.8 Å². The minimum Gasteiger partial charge on any atom is -0.497 e. The molecule has 0 radical (unpaired) electrons. The topological polar surface area (TPSA) is 72.5 Å². The maximum absolute atomic E-state index is 12.2. The van der Waals surface area contributed by atoms with Gasteiger partial charge in [0.2, 0.25) is 5.91 Å². The summed E-state index contributed by atoms with van der Waals surface area (Å²) in [5.41, 5.74) is 2.19. The Hall–Kier alpha value is -2.58. The molecule has 0 spiro atoms. The molecule has 0 saturated carbocycles. The van der Waals surface area contributed by atoms with Crippen LogP contribution in [0.15, 0.2) is 52.3 Å². The van der Waals surface area contributed by atoms with Gasteiger partial charge in [-0.15, -0.1) is 11.3 Å². The average Bonchev–Trinajstić information content (AvgIpc) is 3.10. The Morgan fingerprint density at radius 3 is 2.63 bits per heavy atom. The first-order valence-electron chi connectivity index (χ1n) is 8.06. The molecule has 8 heteroatoms. The highest BCUT2D eigenvalue weighted by Crippen LogP contribution is 2.32. The summed E-state index contributed by atoms with van der Waals surface area (Å²) in [7, 11) is 3.21. The number of ether oxygens (including phenoxy) is 2. The van der Waals surface area contributed by atoms with Crippen molar-refractivity contribution in [2.24, 2.45) is 0 Å². The monoisotopic (exact) mass is 447 g/mol. The van der Waals surface area contributed by atoms with E-state index in [4.69, 9.17) is 9.47 Å². The van der Waals surface area contributed by atoms with Gasteiger partial charge in [0.15, 0.2) is 5.13 Å². The first kappa shape index (κ1) is 19.2. The van der Waals surface area contributed by atoms with E-state index < -0.39 is 0 Å². The summed E-state index contributed by atoms with van der Waals surface area (Å²) >= 11 is 4.79. The summed E-state index contributed by atoms with van der Waals surface area (Å²) in [6, 6.07) is 12.9. The van der Waals surface area contributed by atoms with Crippen LogP contribution in [0.2, 0.25) is 0 Å². The van der Waals surface area contributed by atoms with Gasteiger partial charge in [-0.2, -0.15) is 0 Å². The third kappa shape index (κ3) is 5.21. The van der Waals surface area contributed by atoms with Crippen LogP contribution < -0.4 is 20.1 Å². The number of amides is 1. The highest BCUT2D eigenvalue weighted by molar-refractivity contribution is 9.10. The SMILES string of the molecule is COc1ccc(OC)c(Nc2nc(CC(=O)Nc3ccc(Br)cc3)cs2)c1. The first-order valence-corrected chi connectivity index (χ1v) is 9.73. The summed E-state index contributed by atoms with van der Waals surface area (Å²) in [6.07, 6.45) is 0.198. The second-order valence-electron chi connectivity index (χ2n) is 5.57. The number of rotatable bonds is 7. The van der Waals surface area contributed by atoms with Crippen LogP contribution in [0.1, 0.15) is 5.69 Å². The molecule has 140 valence electrons. The zero-order valence-corrected chi connectivity index (χ0v) is 17.2. The Morgan fingerprint density at radius 2 is 1.93 bits per heavy atom. The van der Waals surface area contributed by atoms with E-state index in [2.05, 4.69) is 31.5 Å². The van der Waals surface area contributed by atoms with Crippen LogP contribution in [-0.4, -0.2) is 25.1 Å². The Morgan fingerprint density at radius 1 is 1.15 bits per heavy atom. The van der Waals surface area contributed by atoms with E-state index in [0.717, 1.165) is 15.8 Å². The smallest absolute Gasteiger partial charge is 0.230 e. The molecule has 1 heterocycles. The minimum absolute atomic E-state index is 0.117. The number of hydrogen-bond donors (Lipinski definition) is 2. The van der Waals surface area contributed by atoms with Crippen molar-refractivity contribution in [2.75, 3.05) is 24.9 Å². The average molecular weight is 448 g/mol. The van der Waals surface area contributed by atoms with E-state index in [0.29, 0.717) is 22.3 Å². The number of carbonyl (C=O) groups is 1. The van der Waals surface area contributed by atoms with Crippen LogP contribution in [-0.2, 0) is 11.2 Å². The van der Waals surface area contributed by atoms with Crippen molar-refractivity contribution in [3.05, 3.63) is 58.0 Å². The molecule has 3 aromatic rings. The second kappa shape index (κ2) is 8.88. The Labute approximate surface area is 169 Å². The number of benzene rings is 2. The summed E-state index contributed by atoms with van der Waals surface area (Å²) in [5.74, 6) is 1.28. The molecule has 0 atom stereocenters. The quantitative estimate of drug-likeness (QED) is 0.541. The Balaban J connectivity index is 1.64. The molecule has 2 aromatic carbocycles. The van der Waals surface area contributed by atoms with Gasteiger partial charge in [-0.1, -0.05) is 15.9 Å². The highest BCUT2D eigenvalue weighted by atomic mass is 79.9. The number of carbonyl (C=O) groups excluding carboxylic acids is 1. The summed E-state index contributed by atoms with van der Waals surface area (Å²) in [5, 5.41) is 8.60. The molecular weight excluding hydrogens is 430 g/mol. The van der Waals surface area contributed by atoms with Gasteiger partial charge in [0.25, 0.3) is 0 Å². The zero-order valence-electron chi connectivity index (χ0n) is 14.8. The van der Waals surface area contributed by atoms with Crippen LogP contribution >= 0.6 is 27.3 Å². The zero-order chi connectivity index (χ0) is 19.2. The van der Waals surface area contributed by atoms with Gasteiger partial charge in [-0.25, -0.2) is 4.98 Å². The minimum atomic E-state index is -0.117. The van der Waals surface area contributed by atoms with E-state index >= 15 is 0 Å². The third-order valence-corrected chi connectivity index (χ3v) is 5.00. The predicted octanol–water partition coefficient (Wildman–Crippen LogP) is 4.85. The Kier molecular flexibility index (Phi) is 6.31. The lowest BCUT2D eigenvalue weighted by atomic mass is 10.2. The third-order valence-electron chi connectivity index (χ3n) is 3.67. The van der Waals surface area contributed by atoms with Crippen molar-refractivity contribution in [1.29, 1.82) is 0 Å². The number of aromatic nitrogens is 1. The van der Waals surface area contributed by atoms with Crippen LogP contribution in [0.5, 0.6) is 11.5 Å². The molecule has 1 aromatic heterocycles. The fourth-order valence-electron chi connectivity index (χ4n) is 2.38. The van der Waals surface area contributed by atoms with Crippen molar-refractivity contribution >= 4 is 49.7 Å². The lowest BCUT2D eigenvalue weighted by Crippen LogP contribution is -2.14. The molecule has 27 heavy (non-hydrogen) atoms. The molecule has 1 amide bonds. The van der Waals surface area contributed by atoms with E-state index in [1.54, 1.807) is 14.2 Å². The molecule has 6 nitrogen and oxygen atoms in total. The summed E-state index contributed by atoms with van der Waals surface area (Å²) in [6.45, 7) is 0. The number of anilines is 3. The molecular formula is C19H18BrN3O3S. The fraction of sp³-hybridized carbons (Fsp3) is 0.158. The number of halogens is 1. The maximum atomic E-state index is 12.2. The Bertz CT molecular complexity index is 928. The summed E-state index contributed by atoms with van der Waals surface area (Å²) < 4.78 is 11.6. The van der Waals surface area contributed by atoms with Crippen LogP contribution in [0.4, 0.5) is 16.5 Å². The van der Waals surface area contributed by atoms with Crippen molar-refractivity contribution in [3.8, 4) is 11.5 Å². The number of nitrogens with one attached hydrogen (secondary N) is 2. The fourth-order valence-corrected chi connectivity index (χ4v) is 3.36. The highest BCUT2D eigenvalue weighted by Gasteiger charge is 2.11. The summed E-state index contributed by atoms with van der Waals surface area (Å²) in [4.78, 5) is 16.7. The van der Waals surface area contributed by atoms with Crippen LogP contribution in [0.3, 0.4) is 0 Å². The molecule has 0 bridgehead atoms. The predicted molar refractivity (Wildman–Crippen MR) is 111 cm³/mol. The molecule has 3 rings (SSSR count). The molecule has 0 saturated heterocycles. The van der Waals surface area contributed by atoms with E-state index in [-0.39, 0.29) is 12.3 Å². The van der Waals surface area contributed by atoms with Gasteiger partial charge in [-0.3, -0.25) is 4.79 Å². The van der Waals surface area contributed by atoms with Gasteiger partial charge in [0.1, 0.15) is 11.5 Å². The standard InChI is InChI=1S/C19H18BrN3O3S/c1-25-15-7-8-17(26-2)16(10-15)23-19-22-14(11-27-19)9-18(24)21-13-5-3-12(20)4-6-13/h3-8,10-11H,9H2,1-2H3,(H,21,24)(H,22,23). The van der Waals surface area contributed by atoms with Crippen molar-refractivity contribution in [2.45, 2.75) is 6.42 Å². The van der Waals surface area contributed by atoms with Crippen LogP contribution in [0, 0.1) is 0 Å². The van der Waals surface area contributed by atoms with Crippen molar-refractivity contribution in [1.82, 2.24) is 4.98 Å². The van der Waals surface area contributed by atoms with Gasteiger partial charge in [0, 0.05) is 21.6 Å². The van der Waals surface area contributed by atoms with Gasteiger partial charge < -0.3 is 20.1 Å². The lowest BCUT2D eigenvalue weighted by molar-refractivity contribution is -0.115. The van der Waals surface area contributed by atoms with Crippen molar-refractivity contribution in [3.63, 3.8) is 0 Å². The number of thiazole rings is 1.